The number of amides is 2. The summed E-state index contributed by atoms with van der Waals surface area (Å²) in [5, 5.41) is 0. The molecule has 1 saturated heterocycles. The van der Waals surface area contributed by atoms with Crippen LogP contribution in [0.1, 0.15) is 37.7 Å². The fraction of sp³-hybridized carbons (Fsp3) is 0.333. The zero-order valence-corrected chi connectivity index (χ0v) is 20.6. The minimum atomic E-state index is -0.435. The van der Waals surface area contributed by atoms with E-state index in [9.17, 15) is 9.59 Å². The summed E-state index contributed by atoms with van der Waals surface area (Å²) in [4.78, 5) is 27.8. The van der Waals surface area contributed by atoms with Gasteiger partial charge in [0.2, 0.25) is 11.8 Å². The predicted octanol–water partition coefficient (Wildman–Crippen LogP) is 4.77. The number of hydrogen-bond donors (Lipinski definition) is 1. The van der Waals surface area contributed by atoms with Crippen LogP contribution in [0.5, 0.6) is 5.75 Å². The third-order valence-corrected chi connectivity index (χ3v) is 7.42. The number of para-hydroxylation sites is 2. The molecule has 5 rings (SSSR count). The molecule has 3 aromatic carbocycles. The molecule has 0 aliphatic carbocycles. The molecule has 6 heteroatoms. The zero-order valence-electron chi connectivity index (χ0n) is 20.6. The Bertz CT molecular complexity index is 1200. The van der Waals surface area contributed by atoms with Crippen LogP contribution in [0.15, 0.2) is 78.9 Å². The Hall–Kier alpha value is -3.80. The Balaban J connectivity index is 1.28. The molecule has 1 spiro atoms. The molecule has 2 amide bonds. The van der Waals surface area contributed by atoms with Crippen LogP contribution >= 0.6 is 0 Å². The topological polar surface area (TPSA) is 75.9 Å². The number of nitrogens with two attached hydrogens (primary N) is 1. The van der Waals surface area contributed by atoms with E-state index in [4.69, 9.17) is 10.5 Å². The number of hydrogen-bond acceptors (Lipinski definition) is 4. The van der Waals surface area contributed by atoms with Gasteiger partial charge >= 0.3 is 0 Å². The van der Waals surface area contributed by atoms with E-state index in [0.29, 0.717) is 13.1 Å². The molecule has 0 bridgehead atoms. The van der Waals surface area contributed by atoms with Gasteiger partial charge in [-0.2, -0.15) is 0 Å². The van der Waals surface area contributed by atoms with Gasteiger partial charge in [0.25, 0.3) is 0 Å². The molecule has 186 valence electrons. The van der Waals surface area contributed by atoms with E-state index in [-0.39, 0.29) is 24.3 Å². The number of anilines is 1. The molecule has 2 aliphatic rings. The molecule has 36 heavy (non-hydrogen) atoms. The highest BCUT2D eigenvalue weighted by Crippen LogP contribution is 2.41. The first-order valence-corrected chi connectivity index (χ1v) is 12.7. The van der Waals surface area contributed by atoms with Gasteiger partial charge in [-0.05, 0) is 28.8 Å². The minimum absolute atomic E-state index is 0.00162. The van der Waals surface area contributed by atoms with Crippen molar-refractivity contribution in [2.24, 2.45) is 5.73 Å². The summed E-state index contributed by atoms with van der Waals surface area (Å²) in [5.74, 6) is 0.470. The van der Waals surface area contributed by atoms with Crippen LogP contribution in [0.25, 0.3) is 11.1 Å². The monoisotopic (exact) mass is 483 g/mol. The van der Waals surface area contributed by atoms with Crippen LogP contribution in [-0.2, 0) is 16.1 Å². The number of benzene rings is 3. The van der Waals surface area contributed by atoms with E-state index < -0.39 is 5.91 Å². The van der Waals surface area contributed by atoms with E-state index in [1.165, 1.54) is 16.7 Å². The highest BCUT2D eigenvalue weighted by molar-refractivity contribution is 5.83. The maximum atomic E-state index is 12.5. The zero-order chi connectivity index (χ0) is 25.0. The second-order valence-electron chi connectivity index (χ2n) is 9.83. The van der Waals surface area contributed by atoms with Crippen LogP contribution in [0.3, 0.4) is 0 Å². The first-order valence-electron chi connectivity index (χ1n) is 12.7. The highest BCUT2D eigenvalue weighted by Gasteiger charge is 2.40. The van der Waals surface area contributed by atoms with Crippen LogP contribution in [0.2, 0.25) is 0 Å². The van der Waals surface area contributed by atoms with Crippen molar-refractivity contribution in [2.45, 2.75) is 44.2 Å². The van der Waals surface area contributed by atoms with Crippen molar-refractivity contribution in [3.8, 4) is 16.9 Å². The number of rotatable bonds is 6. The number of ether oxygens (including phenoxy) is 1. The normalized spacial score (nSPS) is 16.7. The number of nitrogens with zero attached hydrogens (tertiary/aromatic N) is 2. The Morgan fingerprint density at radius 1 is 0.778 bits per heavy atom. The fourth-order valence-corrected chi connectivity index (χ4v) is 5.27. The van der Waals surface area contributed by atoms with Crippen molar-refractivity contribution < 1.29 is 14.3 Å². The molecule has 6 nitrogen and oxygen atoms in total. The number of primary amides is 1. The lowest BCUT2D eigenvalue weighted by molar-refractivity contribution is -0.136. The van der Waals surface area contributed by atoms with Crippen molar-refractivity contribution in [1.82, 2.24) is 4.90 Å². The first-order chi connectivity index (χ1) is 17.5. The Morgan fingerprint density at radius 2 is 1.42 bits per heavy atom. The molecule has 0 saturated carbocycles. The molecule has 2 N–H and O–H groups in total. The predicted molar refractivity (Wildman–Crippen MR) is 142 cm³/mol. The third kappa shape index (κ3) is 5.38. The molecule has 0 unspecified atom stereocenters. The van der Waals surface area contributed by atoms with E-state index in [0.717, 1.165) is 43.8 Å². The van der Waals surface area contributed by atoms with Crippen molar-refractivity contribution in [3.05, 3.63) is 84.4 Å². The third-order valence-electron chi connectivity index (χ3n) is 7.42. The van der Waals surface area contributed by atoms with Crippen molar-refractivity contribution in [2.75, 3.05) is 24.5 Å². The Labute approximate surface area is 212 Å². The average Bonchev–Trinajstić information content (AvgIpc) is 3.05. The first kappa shape index (κ1) is 23.9. The second-order valence-corrected chi connectivity index (χ2v) is 9.83. The van der Waals surface area contributed by atoms with Crippen LogP contribution in [0, 0.1) is 0 Å². The van der Waals surface area contributed by atoms with Crippen LogP contribution < -0.4 is 15.4 Å². The van der Waals surface area contributed by atoms with E-state index >= 15 is 0 Å². The molecule has 1 fully saturated rings. The van der Waals surface area contributed by atoms with Crippen molar-refractivity contribution in [1.29, 1.82) is 0 Å². The lowest BCUT2D eigenvalue weighted by Crippen LogP contribution is -2.50. The molecular weight excluding hydrogens is 450 g/mol. The van der Waals surface area contributed by atoms with Gasteiger partial charge in [0.05, 0.1) is 5.69 Å². The van der Waals surface area contributed by atoms with E-state index in [2.05, 4.69) is 71.6 Å². The number of likely N-dealkylation sites (tertiary alicyclic amines) is 1. The lowest BCUT2D eigenvalue weighted by Gasteiger charge is -2.41. The molecule has 3 aromatic rings. The molecule has 0 atom stereocenters. The number of carbonyl (C=O) groups excluding carboxylic acids is 2. The standard InChI is InChI=1S/C30H33N3O3/c31-28(34)14-15-29(35)32-19-16-30(17-20-32)18-21-33(26-8-4-5-9-27(26)36-30)22-23-10-12-25(13-11-23)24-6-2-1-3-7-24/h1-13H,14-22H2,(H2,31,34). The van der Waals surface area contributed by atoms with E-state index in [1.54, 1.807) is 0 Å². The van der Waals surface area contributed by atoms with Gasteiger partial charge in [-0.1, -0.05) is 66.7 Å². The fourth-order valence-electron chi connectivity index (χ4n) is 5.27. The number of carbonyl (C=O) groups is 2. The molecule has 0 radical (unpaired) electrons. The quantitative estimate of drug-likeness (QED) is 0.548. The summed E-state index contributed by atoms with van der Waals surface area (Å²) >= 11 is 0. The summed E-state index contributed by atoms with van der Waals surface area (Å²) in [6.45, 7) is 2.97. The van der Waals surface area contributed by atoms with Crippen LogP contribution in [-0.4, -0.2) is 41.9 Å². The summed E-state index contributed by atoms with van der Waals surface area (Å²) in [6.07, 6.45) is 2.74. The molecular formula is C30H33N3O3. The summed E-state index contributed by atoms with van der Waals surface area (Å²) in [6, 6.07) is 27.5. The van der Waals surface area contributed by atoms with Gasteiger partial charge in [-0.15, -0.1) is 0 Å². The number of piperidine rings is 1. The highest BCUT2D eigenvalue weighted by atomic mass is 16.5. The SMILES string of the molecule is NC(=O)CCC(=O)N1CCC2(CC1)CCN(Cc1ccc(-c3ccccc3)cc1)c1ccccc1O2. The van der Waals surface area contributed by atoms with Gasteiger partial charge in [-0.3, -0.25) is 9.59 Å². The lowest BCUT2D eigenvalue weighted by atomic mass is 9.87. The molecule has 0 aromatic heterocycles. The van der Waals surface area contributed by atoms with Gasteiger partial charge in [0.1, 0.15) is 11.4 Å². The van der Waals surface area contributed by atoms with Gasteiger partial charge in [0.15, 0.2) is 0 Å². The van der Waals surface area contributed by atoms with Gasteiger partial charge < -0.3 is 20.3 Å². The van der Waals surface area contributed by atoms with Gasteiger partial charge in [-0.25, -0.2) is 0 Å². The van der Waals surface area contributed by atoms with Crippen LogP contribution in [0.4, 0.5) is 5.69 Å². The summed E-state index contributed by atoms with van der Waals surface area (Å²) in [7, 11) is 0. The molecule has 2 aliphatic heterocycles. The maximum Gasteiger partial charge on any atom is 0.223 e. The van der Waals surface area contributed by atoms with Crippen molar-refractivity contribution >= 4 is 17.5 Å². The van der Waals surface area contributed by atoms with E-state index in [1.807, 2.05) is 17.0 Å². The Morgan fingerprint density at radius 3 is 2.14 bits per heavy atom. The Kier molecular flexibility index (Phi) is 6.94. The summed E-state index contributed by atoms with van der Waals surface area (Å²) in [5.41, 5.74) is 9.73. The maximum absolute atomic E-state index is 12.5. The average molecular weight is 484 g/mol. The smallest absolute Gasteiger partial charge is 0.223 e. The second kappa shape index (κ2) is 10.4. The summed E-state index contributed by atoms with van der Waals surface area (Å²) < 4.78 is 6.70. The molecule has 2 heterocycles. The largest absolute Gasteiger partial charge is 0.485 e. The minimum Gasteiger partial charge on any atom is -0.485 e. The van der Waals surface area contributed by atoms with Gasteiger partial charge in [0, 0.05) is 58.3 Å². The van der Waals surface area contributed by atoms with Crippen molar-refractivity contribution in [3.63, 3.8) is 0 Å². The number of fused-ring (bicyclic) bond motifs is 1.